The number of aliphatic carboxylic acids is 3. The molecule has 1 aromatic heterocycles. The molecule has 13 nitrogen and oxygen atoms in total. The Morgan fingerprint density at radius 2 is 1.40 bits per heavy atom. The Kier molecular flexibility index (Phi) is 18.8. The molecule has 0 atom stereocenters. The molecule has 0 aliphatic rings. The van der Waals surface area contributed by atoms with Crippen molar-refractivity contribution in [3.05, 3.63) is 69.4 Å². The van der Waals surface area contributed by atoms with Crippen LogP contribution < -0.4 is 4.74 Å². The molecule has 0 fully saturated rings. The summed E-state index contributed by atoms with van der Waals surface area (Å²) in [6.07, 6.45) is 7.42. The van der Waals surface area contributed by atoms with Crippen LogP contribution in [0.3, 0.4) is 0 Å². The van der Waals surface area contributed by atoms with E-state index in [0.29, 0.717) is 41.5 Å². The first-order valence-corrected chi connectivity index (χ1v) is 16.3. The quantitative estimate of drug-likeness (QED) is 0.0462. The van der Waals surface area contributed by atoms with Gasteiger partial charge in [-0.3, -0.25) is 19.7 Å². The molecule has 2 aromatic carbocycles. The Morgan fingerprint density at radius 1 is 0.833 bits per heavy atom. The van der Waals surface area contributed by atoms with E-state index in [-0.39, 0.29) is 11.5 Å². The Bertz CT molecular complexity index is 1480. The van der Waals surface area contributed by atoms with E-state index >= 15 is 0 Å². The van der Waals surface area contributed by atoms with Gasteiger partial charge in [0.25, 0.3) is 5.69 Å². The number of carboxylic acids is 3. The zero-order chi connectivity index (χ0) is 36.2. The predicted octanol–water partition coefficient (Wildman–Crippen LogP) is 6.58. The molecule has 3 N–H and O–H groups in total. The molecule has 0 saturated carbocycles. The lowest BCUT2D eigenvalue weighted by molar-refractivity contribution is -0.383. The third-order valence-electron chi connectivity index (χ3n) is 7.39. The van der Waals surface area contributed by atoms with Crippen LogP contribution in [0.1, 0.15) is 94.3 Å². The van der Waals surface area contributed by atoms with Crippen LogP contribution in [0, 0.1) is 10.1 Å². The van der Waals surface area contributed by atoms with E-state index < -0.39 is 22.8 Å². The number of ketones is 1. The molecule has 13 heteroatoms. The van der Waals surface area contributed by atoms with Crippen LogP contribution in [0.25, 0.3) is 10.9 Å². The average molecular weight is 672 g/mol. The first kappa shape index (κ1) is 41.2. The predicted molar refractivity (Wildman–Crippen MR) is 183 cm³/mol. The Labute approximate surface area is 281 Å². The van der Waals surface area contributed by atoms with Crippen LogP contribution in [-0.2, 0) is 27.9 Å². The van der Waals surface area contributed by atoms with Gasteiger partial charge in [-0.1, -0.05) is 46.6 Å². The number of hydrogen-bond acceptors (Lipinski definition) is 8. The molecule has 0 amide bonds. The molecule has 264 valence electrons. The Hall–Kier alpha value is -4.78. The number of rotatable bonds is 17. The normalized spacial score (nSPS) is 10.5. The fourth-order valence-electron chi connectivity index (χ4n) is 4.97. The van der Waals surface area contributed by atoms with Crippen molar-refractivity contribution < 1.29 is 44.2 Å². The summed E-state index contributed by atoms with van der Waals surface area (Å²) in [4.78, 5) is 55.2. The molecular weight excluding hydrogens is 622 g/mol. The van der Waals surface area contributed by atoms with Gasteiger partial charge in [0.15, 0.2) is 5.78 Å². The first-order chi connectivity index (χ1) is 22.8. The SMILES string of the molecule is CCCC(=O)O.CCCCN(CCCC)CCCOc1ccc(C(=O)c2c(CC)n(C)c3cccc([N+](=O)[O-])c23)cc1.O=C(O)C(=O)O. The lowest BCUT2D eigenvalue weighted by Crippen LogP contribution is -2.28. The average Bonchev–Trinajstić information content (AvgIpc) is 3.35. The summed E-state index contributed by atoms with van der Waals surface area (Å²) in [5.74, 6) is -3.84. The Morgan fingerprint density at radius 3 is 1.83 bits per heavy atom. The number of carbonyl (C=O) groups is 4. The van der Waals surface area contributed by atoms with Crippen LogP contribution in [0.4, 0.5) is 5.69 Å². The zero-order valence-electron chi connectivity index (χ0n) is 28.6. The van der Waals surface area contributed by atoms with Gasteiger partial charge >= 0.3 is 17.9 Å². The van der Waals surface area contributed by atoms with E-state index in [4.69, 9.17) is 29.6 Å². The highest BCUT2D eigenvalue weighted by atomic mass is 16.6. The summed E-state index contributed by atoms with van der Waals surface area (Å²) in [6, 6.07) is 12.1. The summed E-state index contributed by atoms with van der Waals surface area (Å²) in [5, 5.41) is 34.8. The number of nitro groups is 1. The van der Waals surface area contributed by atoms with E-state index in [0.717, 1.165) is 43.9 Å². The number of aromatic nitrogens is 1. The maximum absolute atomic E-state index is 13.6. The fourth-order valence-corrected chi connectivity index (χ4v) is 4.97. The van der Waals surface area contributed by atoms with Crippen molar-refractivity contribution in [2.75, 3.05) is 26.2 Å². The molecule has 0 spiro atoms. The number of benzene rings is 2. The maximum Gasteiger partial charge on any atom is 0.414 e. The van der Waals surface area contributed by atoms with Gasteiger partial charge in [-0.05, 0) is 75.5 Å². The second-order valence-electron chi connectivity index (χ2n) is 11.0. The molecule has 3 rings (SSSR count). The standard InChI is InChI=1S/C29H39N3O4.C4H8O2.C2H2O4/c1-5-8-18-31(19-9-6-2)20-11-21-36-23-16-14-22(15-17-23)29(33)28-24(7-3)30(4)25-12-10-13-26(27(25)28)32(34)35;1-2-3-4(5)6;3-1(4)2(5)6/h10,12-17H,5-9,11,18-21H2,1-4H3;2-3H2,1H3,(H,5,6);(H,3,4)(H,5,6). The van der Waals surface area contributed by atoms with Gasteiger partial charge in [0, 0.05) is 37.3 Å². The molecule has 0 aliphatic heterocycles. The third-order valence-corrected chi connectivity index (χ3v) is 7.39. The highest BCUT2D eigenvalue weighted by Gasteiger charge is 2.27. The van der Waals surface area contributed by atoms with Crippen molar-refractivity contribution in [2.24, 2.45) is 7.05 Å². The number of nitrogens with zero attached hydrogens (tertiary/aromatic N) is 3. The van der Waals surface area contributed by atoms with Crippen LogP contribution in [0.15, 0.2) is 42.5 Å². The third kappa shape index (κ3) is 13.1. The van der Waals surface area contributed by atoms with Crippen LogP contribution in [0.2, 0.25) is 0 Å². The topological polar surface area (TPSA) is 190 Å². The number of carbonyl (C=O) groups excluding carboxylic acids is 1. The lowest BCUT2D eigenvalue weighted by Gasteiger charge is -2.21. The minimum atomic E-state index is -1.82. The number of hydrogen-bond donors (Lipinski definition) is 3. The summed E-state index contributed by atoms with van der Waals surface area (Å²) >= 11 is 0. The van der Waals surface area contributed by atoms with Crippen molar-refractivity contribution in [3.8, 4) is 5.75 Å². The fraction of sp³-hybridized carbons (Fsp3) is 0.486. The number of fused-ring (bicyclic) bond motifs is 1. The minimum absolute atomic E-state index is 0.0435. The van der Waals surface area contributed by atoms with Gasteiger partial charge in [0.1, 0.15) is 5.75 Å². The molecule has 1 heterocycles. The van der Waals surface area contributed by atoms with Crippen molar-refractivity contribution in [1.82, 2.24) is 9.47 Å². The van der Waals surface area contributed by atoms with Crippen molar-refractivity contribution in [3.63, 3.8) is 0 Å². The van der Waals surface area contributed by atoms with E-state index in [1.807, 2.05) is 43.7 Å². The van der Waals surface area contributed by atoms with Crippen molar-refractivity contribution >= 4 is 40.3 Å². The van der Waals surface area contributed by atoms with Crippen LogP contribution in [0.5, 0.6) is 5.75 Å². The Balaban J connectivity index is 0.000000817. The van der Waals surface area contributed by atoms with Gasteiger partial charge in [0.05, 0.1) is 28.0 Å². The molecule has 48 heavy (non-hydrogen) atoms. The van der Waals surface area contributed by atoms with E-state index in [9.17, 15) is 19.7 Å². The molecular formula is C35H49N3O10. The smallest absolute Gasteiger partial charge is 0.414 e. The van der Waals surface area contributed by atoms with Gasteiger partial charge in [-0.2, -0.15) is 0 Å². The van der Waals surface area contributed by atoms with E-state index in [1.165, 1.54) is 31.7 Å². The maximum atomic E-state index is 13.6. The number of non-ortho nitro benzene ring substituents is 1. The van der Waals surface area contributed by atoms with Gasteiger partial charge in [-0.15, -0.1) is 0 Å². The van der Waals surface area contributed by atoms with Crippen molar-refractivity contribution in [1.29, 1.82) is 0 Å². The molecule has 0 saturated heterocycles. The second kappa shape index (κ2) is 21.9. The van der Waals surface area contributed by atoms with E-state index in [2.05, 4.69) is 18.7 Å². The first-order valence-electron chi connectivity index (χ1n) is 16.3. The molecule has 0 aliphatic carbocycles. The van der Waals surface area contributed by atoms with Gasteiger partial charge in [0.2, 0.25) is 0 Å². The number of ether oxygens (including phenoxy) is 1. The number of unbranched alkanes of at least 4 members (excludes halogenated alkanes) is 2. The second-order valence-corrected chi connectivity index (χ2v) is 11.0. The summed E-state index contributed by atoms with van der Waals surface area (Å²) in [7, 11) is 1.85. The number of aryl methyl sites for hydroxylation is 1. The van der Waals surface area contributed by atoms with Crippen LogP contribution >= 0.6 is 0 Å². The number of nitro benzene ring substituents is 1. The zero-order valence-corrected chi connectivity index (χ0v) is 28.6. The molecule has 0 unspecified atom stereocenters. The largest absolute Gasteiger partial charge is 0.494 e. The molecule has 0 radical (unpaired) electrons. The van der Waals surface area contributed by atoms with Gasteiger partial charge < -0.3 is 29.5 Å². The van der Waals surface area contributed by atoms with Gasteiger partial charge in [-0.25, -0.2) is 9.59 Å². The van der Waals surface area contributed by atoms with Crippen molar-refractivity contribution in [2.45, 2.75) is 79.1 Å². The summed E-state index contributed by atoms with van der Waals surface area (Å²) in [5.41, 5.74) is 2.35. The highest BCUT2D eigenvalue weighted by Crippen LogP contribution is 2.35. The monoisotopic (exact) mass is 671 g/mol. The summed E-state index contributed by atoms with van der Waals surface area (Å²) in [6.45, 7) is 12.2. The molecule has 3 aromatic rings. The highest BCUT2D eigenvalue weighted by molar-refractivity contribution is 6.27. The molecule has 0 bridgehead atoms. The lowest BCUT2D eigenvalue weighted by atomic mass is 9.98. The summed E-state index contributed by atoms with van der Waals surface area (Å²) < 4.78 is 7.83. The minimum Gasteiger partial charge on any atom is -0.494 e. The number of carboxylic acid groups (broad SMARTS) is 3. The van der Waals surface area contributed by atoms with Crippen LogP contribution in [-0.4, -0.2) is 79.6 Å². The van der Waals surface area contributed by atoms with E-state index in [1.54, 1.807) is 18.2 Å².